The van der Waals surface area contributed by atoms with E-state index in [9.17, 15) is 9.59 Å². The third-order valence-electron chi connectivity index (χ3n) is 2.51. The first-order valence-electron chi connectivity index (χ1n) is 4.76. The zero-order valence-electron chi connectivity index (χ0n) is 7.82. The number of hydrogen-bond acceptors (Lipinski definition) is 3. The van der Waals surface area contributed by atoms with E-state index in [1.165, 1.54) is 23.6 Å². The van der Waals surface area contributed by atoms with Gasteiger partial charge in [-0.05, 0) is 12.3 Å². The number of aryl methyl sites for hydroxylation is 1. The molecule has 76 valence electrons. The van der Waals surface area contributed by atoms with Crippen LogP contribution in [0.25, 0.3) is 0 Å². The minimum absolute atomic E-state index is 0.0976. The summed E-state index contributed by atoms with van der Waals surface area (Å²) in [5, 5.41) is 0. The van der Waals surface area contributed by atoms with Crippen molar-refractivity contribution < 1.29 is 0 Å². The largest absolute Gasteiger partial charge is 0.393 e. The molecule has 0 saturated heterocycles. The van der Waals surface area contributed by atoms with Crippen molar-refractivity contribution in [2.75, 3.05) is 5.73 Å². The summed E-state index contributed by atoms with van der Waals surface area (Å²) in [5.74, 6) is 0.759. The van der Waals surface area contributed by atoms with Gasteiger partial charge in [0.15, 0.2) is 0 Å². The number of nitrogens with one attached hydrogen (secondary N) is 1. The molecule has 0 spiro atoms. The minimum atomic E-state index is -0.502. The first-order chi connectivity index (χ1) is 6.66. The van der Waals surface area contributed by atoms with Gasteiger partial charge in [-0.15, -0.1) is 0 Å². The predicted octanol–water partition coefficient (Wildman–Crippen LogP) is -0.0811. The summed E-state index contributed by atoms with van der Waals surface area (Å²) in [5.41, 5.74) is 4.63. The summed E-state index contributed by atoms with van der Waals surface area (Å²) in [6.45, 7) is 0.643. The van der Waals surface area contributed by atoms with Crippen molar-refractivity contribution in [2.45, 2.75) is 25.8 Å². The molecule has 0 aliphatic heterocycles. The Hall–Kier alpha value is -1.52. The highest BCUT2D eigenvalue weighted by Crippen LogP contribution is 2.32. The fourth-order valence-electron chi connectivity index (χ4n) is 1.42. The molecule has 1 aromatic heterocycles. The maximum absolute atomic E-state index is 11.3. The van der Waals surface area contributed by atoms with Crippen LogP contribution < -0.4 is 17.0 Å². The highest BCUT2D eigenvalue weighted by Gasteiger charge is 2.20. The Morgan fingerprint density at radius 2 is 2.21 bits per heavy atom. The van der Waals surface area contributed by atoms with E-state index < -0.39 is 5.56 Å². The minimum Gasteiger partial charge on any atom is -0.393 e. The van der Waals surface area contributed by atoms with E-state index in [4.69, 9.17) is 5.73 Å². The number of nitrogens with two attached hydrogens (primary N) is 1. The van der Waals surface area contributed by atoms with E-state index in [0.717, 1.165) is 12.3 Å². The first-order valence-corrected chi connectivity index (χ1v) is 4.76. The van der Waals surface area contributed by atoms with Crippen LogP contribution in [-0.4, -0.2) is 9.55 Å². The average Bonchev–Trinajstić information content (AvgIpc) is 2.92. The fraction of sp³-hybridized carbons (Fsp3) is 0.556. The molecule has 1 aliphatic rings. The van der Waals surface area contributed by atoms with Crippen LogP contribution >= 0.6 is 0 Å². The van der Waals surface area contributed by atoms with Gasteiger partial charge in [-0.25, -0.2) is 4.79 Å². The SMILES string of the molecule is Nc1cn(CCC2CC2)c(=O)[nH]c1=O. The molecule has 0 bridgehead atoms. The first kappa shape index (κ1) is 9.05. The zero-order chi connectivity index (χ0) is 10.1. The van der Waals surface area contributed by atoms with Crippen molar-refractivity contribution >= 4 is 5.69 Å². The molecule has 3 N–H and O–H groups in total. The Labute approximate surface area is 80.6 Å². The predicted molar refractivity (Wildman–Crippen MR) is 53.1 cm³/mol. The molecule has 0 atom stereocenters. The highest BCUT2D eigenvalue weighted by atomic mass is 16.2. The van der Waals surface area contributed by atoms with Gasteiger partial charge in [-0.1, -0.05) is 12.8 Å². The van der Waals surface area contributed by atoms with Gasteiger partial charge >= 0.3 is 5.69 Å². The van der Waals surface area contributed by atoms with E-state index in [1.54, 1.807) is 0 Å². The summed E-state index contributed by atoms with van der Waals surface area (Å²) in [4.78, 5) is 24.4. The van der Waals surface area contributed by atoms with Gasteiger partial charge in [-0.3, -0.25) is 14.3 Å². The number of anilines is 1. The van der Waals surface area contributed by atoms with Gasteiger partial charge in [-0.2, -0.15) is 0 Å². The van der Waals surface area contributed by atoms with E-state index >= 15 is 0 Å². The van der Waals surface area contributed by atoms with Crippen LogP contribution in [0.4, 0.5) is 5.69 Å². The quantitative estimate of drug-likeness (QED) is 0.707. The summed E-state index contributed by atoms with van der Waals surface area (Å²) in [6.07, 6.45) is 4.93. The van der Waals surface area contributed by atoms with Crippen molar-refractivity contribution in [3.8, 4) is 0 Å². The number of hydrogen-bond donors (Lipinski definition) is 2. The summed E-state index contributed by atoms with van der Waals surface area (Å²) in [7, 11) is 0. The van der Waals surface area contributed by atoms with E-state index in [2.05, 4.69) is 4.98 Å². The summed E-state index contributed by atoms with van der Waals surface area (Å²) >= 11 is 0. The fourth-order valence-corrected chi connectivity index (χ4v) is 1.42. The molecule has 1 heterocycles. The third kappa shape index (κ3) is 1.86. The molecular formula is C9H13N3O2. The van der Waals surface area contributed by atoms with Gasteiger partial charge in [0.25, 0.3) is 5.56 Å². The topological polar surface area (TPSA) is 80.9 Å². The second kappa shape index (κ2) is 3.32. The lowest BCUT2D eigenvalue weighted by atomic mass is 10.3. The van der Waals surface area contributed by atoms with Crippen LogP contribution in [0.1, 0.15) is 19.3 Å². The van der Waals surface area contributed by atoms with Crippen LogP contribution in [0.15, 0.2) is 15.8 Å². The van der Waals surface area contributed by atoms with Crippen LogP contribution in [-0.2, 0) is 6.54 Å². The Bertz CT molecular complexity index is 442. The molecule has 1 saturated carbocycles. The molecular weight excluding hydrogens is 182 g/mol. The van der Waals surface area contributed by atoms with E-state index in [1.807, 2.05) is 0 Å². The van der Waals surface area contributed by atoms with Gasteiger partial charge in [0.05, 0.1) is 0 Å². The number of aromatic nitrogens is 2. The van der Waals surface area contributed by atoms with Gasteiger partial charge < -0.3 is 5.73 Å². The number of nitrogens with zero attached hydrogens (tertiary/aromatic N) is 1. The number of H-pyrrole nitrogens is 1. The van der Waals surface area contributed by atoms with Crippen LogP contribution in [0, 0.1) is 5.92 Å². The second-order valence-electron chi connectivity index (χ2n) is 3.77. The van der Waals surface area contributed by atoms with Crippen LogP contribution in [0.3, 0.4) is 0 Å². The molecule has 0 radical (unpaired) electrons. The molecule has 2 rings (SSSR count). The lowest BCUT2D eigenvalue weighted by molar-refractivity contribution is 0.570. The van der Waals surface area contributed by atoms with Gasteiger partial charge in [0.1, 0.15) is 5.69 Å². The smallest absolute Gasteiger partial charge is 0.328 e. The molecule has 0 unspecified atom stereocenters. The van der Waals surface area contributed by atoms with Crippen molar-refractivity contribution in [2.24, 2.45) is 5.92 Å². The maximum atomic E-state index is 11.3. The van der Waals surface area contributed by atoms with E-state index in [-0.39, 0.29) is 11.4 Å². The average molecular weight is 195 g/mol. The molecule has 5 nitrogen and oxygen atoms in total. The normalized spacial score (nSPS) is 15.7. The molecule has 1 aromatic rings. The van der Waals surface area contributed by atoms with Crippen molar-refractivity contribution in [3.05, 3.63) is 27.0 Å². The standard InChI is InChI=1S/C9H13N3O2/c10-7-5-12(4-3-6-1-2-6)9(14)11-8(7)13/h5-6H,1-4,10H2,(H,11,13,14). The Morgan fingerprint density at radius 1 is 1.50 bits per heavy atom. The molecule has 0 amide bonds. The number of aromatic amines is 1. The molecule has 1 fully saturated rings. The number of rotatable bonds is 3. The molecule has 1 aliphatic carbocycles. The highest BCUT2D eigenvalue weighted by molar-refractivity contribution is 5.30. The lowest BCUT2D eigenvalue weighted by Crippen LogP contribution is -2.31. The molecule has 5 heteroatoms. The summed E-state index contributed by atoms with van der Waals surface area (Å²) in [6, 6.07) is 0. The molecule has 0 aromatic carbocycles. The summed E-state index contributed by atoms with van der Waals surface area (Å²) < 4.78 is 1.47. The van der Waals surface area contributed by atoms with Crippen molar-refractivity contribution in [3.63, 3.8) is 0 Å². The van der Waals surface area contributed by atoms with E-state index in [0.29, 0.717) is 6.54 Å². The van der Waals surface area contributed by atoms with Gasteiger partial charge in [0, 0.05) is 12.7 Å². The Balaban J connectivity index is 2.19. The lowest BCUT2D eigenvalue weighted by Gasteiger charge is -2.04. The zero-order valence-corrected chi connectivity index (χ0v) is 7.82. The number of nitrogen functional groups attached to an aromatic ring is 1. The van der Waals surface area contributed by atoms with Gasteiger partial charge in [0.2, 0.25) is 0 Å². The maximum Gasteiger partial charge on any atom is 0.328 e. The van der Waals surface area contributed by atoms with Crippen molar-refractivity contribution in [1.29, 1.82) is 0 Å². The molecule has 14 heavy (non-hydrogen) atoms. The Kier molecular flexibility index (Phi) is 2.15. The monoisotopic (exact) mass is 195 g/mol. The van der Waals surface area contributed by atoms with Crippen molar-refractivity contribution in [1.82, 2.24) is 9.55 Å². The Morgan fingerprint density at radius 3 is 2.86 bits per heavy atom. The van der Waals surface area contributed by atoms with Crippen LogP contribution in [0.2, 0.25) is 0 Å². The van der Waals surface area contributed by atoms with Crippen LogP contribution in [0.5, 0.6) is 0 Å². The second-order valence-corrected chi connectivity index (χ2v) is 3.77. The third-order valence-corrected chi connectivity index (χ3v) is 2.51.